The Bertz CT molecular complexity index is 430. The Morgan fingerprint density at radius 3 is 2.82 bits per heavy atom. The van der Waals surface area contributed by atoms with Crippen LogP contribution in [-0.4, -0.2) is 21.8 Å². The molecule has 3 unspecified atom stereocenters. The first-order valence-corrected chi connectivity index (χ1v) is 7.73. The van der Waals surface area contributed by atoms with Crippen molar-refractivity contribution in [2.75, 3.05) is 11.5 Å². The summed E-state index contributed by atoms with van der Waals surface area (Å²) < 4.78 is 11.9. The predicted molar refractivity (Wildman–Crippen MR) is 73.7 cm³/mol. The Morgan fingerprint density at radius 1 is 1.35 bits per heavy atom. The van der Waals surface area contributed by atoms with E-state index in [1.165, 1.54) is 16.7 Å². The van der Waals surface area contributed by atoms with Crippen molar-refractivity contribution in [2.45, 2.75) is 39.3 Å². The molecule has 1 aliphatic rings. The summed E-state index contributed by atoms with van der Waals surface area (Å²) in [6, 6.07) is 7.22. The van der Waals surface area contributed by atoms with Gasteiger partial charge in [0, 0.05) is 34.4 Å². The number of hydrogen-bond acceptors (Lipinski definition) is 2. The van der Waals surface area contributed by atoms with Gasteiger partial charge in [0.15, 0.2) is 0 Å². The van der Waals surface area contributed by atoms with E-state index in [1.807, 2.05) is 0 Å². The van der Waals surface area contributed by atoms with Crippen molar-refractivity contribution in [1.29, 1.82) is 0 Å². The zero-order valence-corrected chi connectivity index (χ0v) is 11.6. The van der Waals surface area contributed by atoms with Gasteiger partial charge in [0.2, 0.25) is 0 Å². The van der Waals surface area contributed by atoms with Crippen LogP contribution in [0.15, 0.2) is 18.2 Å². The van der Waals surface area contributed by atoms with Crippen LogP contribution in [0, 0.1) is 13.8 Å². The lowest BCUT2D eigenvalue weighted by Gasteiger charge is -2.21. The smallest absolute Gasteiger partial charge is 0.0441 e. The second-order valence-corrected chi connectivity index (χ2v) is 6.70. The molecule has 1 saturated heterocycles. The normalized spacial score (nSPS) is 29.9. The maximum atomic E-state index is 11.9. The van der Waals surface area contributed by atoms with E-state index in [9.17, 15) is 4.21 Å². The lowest BCUT2D eigenvalue weighted by Crippen LogP contribution is -2.31. The summed E-state index contributed by atoms with van der Waals surface area (Å²) >= 11 is 0. The second-order valence-electron chi connectivity index (χ2n) is 5.08. The highest BCUT2D eigenvalue weighted by molar-refractivity contribution is 7.85. The molecule has 0 spiro atoms. The minimum atomic E-state index is -0.685. The molecule has 0 amide bonds. The van der Waals surface area contributed by atoms with Crippen LogP contribution in [0.3, 0.4) is 0 Å². The minimum absolute atomic E-state index is 0.244. The van der Waals surface area contributed by atoms with E-state index in [0.29, 0.717) is 6.04 Å². The van der Waals surface area contributed by atoms with Crippen molar-refractivity contribution in [2.24, 2.45) is 0 Å². The van der Waals surface area contributed by atoms with E-state index in [-0.39, 0.29) is 6.04 Å². The minimum Gasteiger partial charge on any atom is -0.307 e. The number of benzene rings is 1. The molecule has 1 aromatic carbocycles. The molecule has 0 bridgehead atoms. The Hall–Kier alpha value is -0.670. The topological polar surface area (TPSA) is 29.1 Å². The molecule has 1 aromatic rings. The van der Waals surface area contributed by atoms with Crippen LogP contribution in [0.5, 0.6) is 0 Å². The van der Waals surface area contributed by atoms with Crippen LogP contribution < -0.4 is 5.32 Å². The van der Waals surface area contributed by atoms with Crippen LogP contribution >= 0.6 is 0 Å². The predicted octanol–water partition coefficient (Wildman–Crippen LogP) is 2.48. The van der Waals surface area contributed by atoms with Crippen LogP contribution in [0.25, 0.3) is 0 Å². The van der Waals surface area contributed by atoms with Crippen molar-refractivity contribution in [3.05, 3.63) is 34.9 Å². The summed E-state index contributed by atoms with van der Waals surface area (Å²) in [5, 5.41) is 3.59. The van der Waals surface area contributed by atoms with Crippen LogP contribution in [0.1, 0.15) is 36.1 Å². The van der Waals surface area contributed by atoms with Gasteiger partial charge in [0.25, 0.3) is 0 Å². The van der Waals surface area contributed by atoms with Gasteiger partial charge >= 0.3 is 0 Å². The fourth-order valence-electron chi connectivity index (χ4n) is 2.45. The highest BCUT2D eigenvalue weighted by atomic mass is 32.2. The van der Waals surface area contributed by atoms with Crippen LogP contribution in [-0.2, 0) is 10.8 Å². The van der Waals surface area contributed by atoms with Crippen molar-refractivity contribution < 1.29 is 4.21 Å². The molecule has 1 heterocycles. The fourth-order valence-corrected chi connectivity index (χ4v) is 3.88. The summed E-state index contributed by atoms with van der Waals surface area (Å²) in [7, 11) is -0.685. The Labute approximate surface area is 106 Å². The van der Waals surface area contributed by atoms with E-state index >= 15 is 0 Å². The Balaban J connectivity index is 2.27. The van der Waals surface area contributed by atoms with Crippen molar-refractivity contribution in [3.8, 4) is 0 Å². The molecule has 3 atom stereocenters. The second kappa shape index (κ2) is 5.32. The van der Waals surface area contributed by atoms with Gasteiger partial charge in [-0.05, 0) is 38.3 Å². The van der Waals surface area contributed by atoms with Crippen molar-refractivity contribution in [1.82, 2.24) is 5.32 Å². The van der Waals surface area contributed by atoms with E-state index in [1.54, 1.807) is 0 Å². The standard InChI is InChI=1S/C14H21NOS/c1-10-4-5-13(11(2)8-10)14-9-17(16)7-6-12(3)15-14/h4-5,8,12,14-15H,6-7,9H2,1-3H3. The highest BCUT2D eigenvalue weighted by Gasteiger charge is 2.22. The molecule has 1 aliphatic heterocycles. The molecule has 2 nitrogen and oxygen atoms in total. The molecule has 3 heteroatoms. The molecule has 1 fully saturated rings. The largest absolute Gasteiger partial charge is 0.307 e. The third-order valence-electron chi connectivity index (χ3n) is 3.42. The quantitative estimate of drug-likeness (QED) is 0.831. The molecule has 1 N–H and O–H groups in total. The van der Waals surface area contributed by atoms with Gasteiger partial charge in [0.1, 0.15) is 0 Å². The van der Waals surface area contributed by atoms with Gasteiger partial charge in [-0.1, -0.05) is 23.8 Å². The summed E-state index contributed by atoms with van der Waals surface area (Å²) in [4.78, 5) is 0. The summed E-state index contributed by atoms with van der Waals surface area (Å²) in [6.45, 7) is 6.43. The molecular weight excluding hydrogens is 230 g/mol. The van der Waals surface area contributed by atoms with Gasteiger partial charge in [-0.3, -0.25) is 4.21 Å². The number of aryl methyl sites for hydroxylation is 2. The van der Waals surface area contributed by atoms with Crippen molar-refractivity contribution in [3.63, 3.8) is 0 Å². The number of rotatable bonds is 1. The molecule has 0 saturated carbocycles. The lowest BCUT2D eigenvalue weighted by atomic mass is 9.99. The molecule has 0 aromatic heterocycles. The van der Waals surface area contributed by atoms with Gasteiger partial charge in [-0.15, -0.1) is 0 Å². The lowest BCUT2D eigenvalue weighted by molar-refractivity contribution is 0.483. The van der Waals surface area contributed by atoms with Gasteiger partial charge in [-0.25, -0.2) is 0 Å². The first-order valence-electron chi connectivity index (χ1n) is 6.24. The molecule has 17 heavy (non-hydrogen) atoms. The maximum absolute atomic E-state index is 11.9. The Morgan fingerprint density at radius 2 is 2.12 bits per heavy atom. The average Bonchev–Trinajstić information content (AvgIpc) is 2.40. The Kier molecular flexibility index (Phi) is 4.00. The number of nitrogens with one attached hydrogen (secondary N) is 1. The first-order chi connectivity index (χ1) is 8.06. The monoisotopic (exact) mass is 251 g/mol. The highest BCUT2D eigenvalue weighted by Crippen LogP contribution is 2.23. The molecule has 0 aliphatic carbocycles. The first kappa shape index (κ1) is 12.8. The SMILES string of the molecule is Cc1ccc(C2CS(=O)CCC(C)N2)c(C)c1. The van der Waals surface area contributed by atoms with Gasteiger partial charge < -0.3 is 5.32 Å². The third-order valence-corrected chi connectivity index (χ3v) is 4.81. The molecule has 0 radical (unpaired) electrons. The molecule has 2 rings (SSSR count). The van der Waals surface area contributed by atoms with E-state index in [2.05, 4.69) is 44.3 Å². The van der Waals surface area contributed by atoms with Crippen LogP contribution in [0.4, 0.5) is 0 Å². The zero-order valence-electron chi connectivity index (χ0n) is 10.8. The van der Waals surface area contributed by atoms with E-state index in [0.717, 1.165) is 17.9 Å². The molecular formula is C14H21NOS. The van der Waals surface area contributed by atoms with Crippen molar-refractivity contribution >= 4 is 10.8 Å². The van der Waals surface area contributed by atoms with E-state index < -0.39 is 10.8 Å². The summed E-state index contributed by atoms with van der Waals surface area (Å²) in [5.74, 6) is 1.57. The third kappa shape index (κ3) is 3.17. The maximum Gasteiger partial charge on any atom is 0.0441 e. The van der Waals surface area contributed by atoms with Gasteiger partial charge in [-0.2, -0.15) is 0 Å². The van der Waals surface area contributed by atoms with Crippen LogP contribution in [0.2, 0.25) is 0 Å². The summed E-state index contributed by atoms with van der Waals surface area (Å²) in [5.41, 5.74) is 3.89. The fraction of sp³-hybridized carbons (Fsp3) is 0.571. The molecule has 94 valence electrons. The summed E-state index contributed by atoms with van der Waals surface area (Å²) in [6.07, 6.45) is 1.01. The zero-order chi connectivity index (χ0) is 12.4. The van der Waals surface area contributed by atoms with E-state index in [4.69, 9.17) is 0 Å². The average molecular weight is 251 g/mol. The number of hydrogen-bond donors (Lipinski definition) is 1. The van der Waals surface area contributed by atoms with Gasteiger partial charge in [0.05, 0.1) is 0 Å².